The van der Waals surface area contributed by atoms with Crippen molar-refractivity contribution in [2.75, 3.05) is 5.32 Å². The molecule has 33 heavy (non-hydrogen) atoms. The summed E-state index contributed by atoms with van der Waals surface area (Å²) in [6, 6.07) is 9.73. The molecule has 1 fully saturated rings. The second kappa shape index (κ2) is 7.10. The van der Waals surface area contributed by atoms with E-state index in [2.05, 4.69) is 5.32 Å². The number of carboxylic acids is 1. The predicted octanol–water partition coefficient (Wildman–Crippen LogP) is 5.21. The Morgan fingerprint density at radius 2 is 1.97 bits per heavy atom. The van der Waals surface area contributed by atoms with E-state index in [9.17, 15) is 23.5 Å². The van der Waals surface area contributed by atoms with Crippen LogP contribution in [0.25, 0.3) is 10.9 Å². The van der Waals surface area contributed by atoms with Crippen molar-refractivity contribution in [2.24, 2.45) is 0 Å². The monoisotopic (exact) mass is 453 g/mol. The van der Waals surface area contributed by atoms with Gasteiger partial charge in [0.25, 0.3) is 5.56 Å². The molecule has 0 unspecified atom stereocenters. The van der Waals surface area contributed by atoms with E-state index < -0.39 is 17.3 Å². The van der Waals surface area contributed by atoms with Gasteiger partial charge in [0, 0.05) is 35.5 Å². The van der Waals surface area contributed by atoms with Crippen LogP contribution in [0.5, 0.6) is 0 Å². The third-order valence-corrected chi connectivity index (χ3v) is 6.97. The van der Waals surface area contributed by atoms with Gasteiger partial charge in [-0.1, -0.05) is 18.2 Å². The van der Waals surface area contributed by atoms with Crippen molar-refractivity contribution in [3.05, 3.63) is 69.3 Å². The van der Waals surface area contributed by atoms with Gasteiger partial charge in [-0.2, -0.15) is 0 Å². The Bertz CT molecular complexity index is 1360. The largest absolute Gasteiger partial charge is 0.478 e. The quantitative estimate of drug-likeness (QED) is 0.567. The van der Waals surface area contributed by atoms with Crippen molar-refractivity contribution < 1.29 is 18.7 Å². The number of hydrogen-bond acceptors (Lipinski definition) is 4. The Balaban J connectivity index is 1.66. The SMILES string of the molecule is Cc1cc([C@@H](C)Nc2ccccc2C(=O)O)c2nc3n(c(=O)c2c1)[C@@H](C)CC31CC(F)(F)C1. The number of hydrogen-bond donors (Lipinski definition) is 2. The second-order valence-corrected chi connectivity index (χ2v) is 9.62. The summed E-state index contributed by atoms with van der Waals surface area (Å²) in [6.07, 6.45) is -0.0954. The fraction of sp³-hybridized carbons (Fsp3) is 0.400. The molecule has 1 aromatic heterocycles. The Hall–Kier alpha value is -3.29. The van der Waals surface area contributed by atoms with E-state index in [0.29, 0.717) is 28.8 Å². The minimum atomic E-state index is -2.73. The number of anilines is 1. The average Bonchev–Trinajstić information content (AvgIpc) is 2.99. The molecule has 6 nitrogen and oxygen atoms in total. The first kappa shape index (κ1) is 21.6. The fourth-order valence-electron chi connectivity index (χ4n) is 5.69. The summed E-state index contributed by atoms with van der Waals surface area (Å²) in [5.74, 6) is -3.33. The molecule has 1 aliphatic heterocycles. The van der Waals surface area contributed by atoms with Gasteiger partial charge in [0.1, 0.15) is 5.82 Å². The molecule has 3 aromatic rings. The average molecular weight is 453 g/mol. The number of alkyl halides is 2. The highest BCUT2D eigenvalue weighted by Crippen LogP contribution is 2.59. The maximum absolute atomic E-state index is 13.9. The molecule has 1 spiro atoms. The minimum Gasteiger partial charge on any atom is -0.478 e. The lowest BCUT2D eigenvalue weighted by molar-refractivity contribution is -0.128. The number of aromatic carboxylic acids is 1. The van der Waals surface area contributed by atoms with Crippen molar-refractivity contribution >= 4 is 22.6 Å². The number of rotatable bonds is 4. The maximum Gasteiger partial charge on any atom is 0.337 e. The molecule has 2 atom stereocenters. The van der Waals surface area contributed by atoms with Crippen molar-refractivity contribution in [1.29, 1.82) is 0 Å². The standard InChI is InChI=1S/C25H25F2N3O3/c1-13-8-17(15(3)28-19-7-5-4-6-16(19)22(32)33)20-18(9-13)21(31)30-14(2)10-24(23(30)29-20)11-25(26,27)12-24/h4-9,14-15,28H,10-12H2,1-3H3,(H,32,33)/t14-,15+/m0/s1. The molecule has 2 heterocycles. The number of para-hydroxylation sites is 1. The van der Waals surface area contributed by atoms with Gasteiger partial charge in [0.15, 0.2) is 0 Å². The van der Waals surface area contributed by atoms with Crippen molar-refractivity contribution in [2.45, 2.75) is 63.5 Å². The molecule has 2 aromatic carbocycles. The highest BCUT2D eigenvalue weighted by molar-refractivity contribution is 5.94. The van der Waals surface area contributed by atoms with Crippen LogP contribution in [0.4, 0.5) is 14.5 Å². The normalized spacial score (nSPS) is 20.9. The van der Waals surface area contributed by atoms with Gasteiger partial charge in [-0.25, -0.2) is 18.6 Å². The molecule has 5 rings (SSSR count). The maximum atomic E-state index is 13.9. The summed E-state index contributed by atoms with van der Waals surface area (Å²) in [4.78, 5) is 29.9. The highest BCUT2D eigenvalue weighted by Gasteiger charge is 2.62. The number of fused-ring (bicyclic) bond motifs is 3. The third-order valence-electron chi connectivity index (χ3n) is 6.97. The number of carbonyl (C=O) groups is 1. The Morgan fingerprint density at radius 1 is 1.27 bits per heavy atom. The van der Waals surface area contributed by atoms with Crippen molar-refractivity contribution in [3.8, 4) is 0 Å². The lowest BCUT2D eigenvalue weighted by atomic mass is 9.64. The van der Waals surface area contributed by atoms with Crippen LogP contribution in [0.2, 0.25) is 0 Å². The molecular formula is C25H25F2N3O3. The number of nitrogens with zero attached hydrogens (tertiary/aromatic N) is 2. The molecule has 2 N–H and O–H groups in total. The summed E-state index contributed by atoms with van der Waals surface area (Å²) in [7, 11) is 0. The predicted molar refractivity (Wildman–Crippen MR) is 121 cm³/mol. The summed E-state index contributed by atoms with van der Waals surface area (Å²) in [5.41, 5.74) is 1.68. The van der Waals surface area contributed by atoms with Crippen molar-refractivity contribution in [1.82, 2.24) is 9.55 Å². The fourth-order valence-corrected chi connectivity index (χ4v) is 5.69. The van der Waals surface area contributed by atoms with Gasteiger partial charge < -0.3 is 10.4 Å². The van der Waals surface area contributed by atoms with Gasteiger partial charge in [-0.3, -0.25) is 9.36 Å². The molecule has 2 aliphatic rings. The van der Waals surface area contributed by atoms with Crippen LogP contribution in [0.1, 0.15) is 72.5 Å². The molecule has 172 valence electrons. The zero-order chi connectivity index (χ0) is 23.7. The van der Waals surface area contributed by atoms with E-state index in [1.807, 2.05) is 26.8 Å². The number of carboxylic acid groups (broad SMARTS) is 1. The number of nitrogens with one attached hydrogen (secondary N) is 1. The molecular weight excluding hydrogens is 428 g/mol. The van der Waals surface area contributed by atoms with Crippen LogP contribution in [-0.4, -0.2) is 26.5 Å². The zero-order valence-electron chi connectivity index (χ0n) is 18.7. The Labute approximate surface area is 189 Å². The number of benzene rings is 2. The Kier molecular flexibility index (Phi) is 4.64. The van der Waals surface area contributed by atoms with Gasteiger partial charge in [0.2, 0.25) is 5.92 Å². The van der Waals surface area contributed by atoms with Crippen molar-refractivity contribution in [3.63, 3.8) is 0 Å². The van der Waals surface area contributed by atoms with E-state index in [4.69, 9.17) is 4.98 Å². The van der Waals surface area contributed by atoms with Crippen LogP contribution in [0.15, 0.2) is 41.2 Å². The number of aryl methyl sites for hydroxylation is 1. The lowest BCUT2D eigenvalue weighted by Crippen LogP contribution is -2.49. The second-order valence-electron chi connectivity index (χ2n) is 9.62. The van der Waals surface area contributed by atoms with Gasteiger partial charge in [0.05, 0.1) is 22.5 Å². The minimum absolute atomic E-state index is 0.139. The Morgan fingerprint density at radius 3 is 2.64 bits per heavy atom. The topological polar surface area (TPSA) is 84.2 Å². The van der Waals surface area contributed by atoms with E-state index in [1.165, 1.54) is 6.07 Å². The van der Waals surface area contributed by atoms with E-state index in [-0.39, 0.29) is 36.0 Å². The molecule has 0 saturated heterocycles. The lowest BCUT2D eigenvalue weighted by Gasteiger charge is -2.44. The first-order valence-electron chi connectivity index (χ1n) is 11.1. The smallest absolute Gasteiger partial charge is 0.337 e. The summed E-state index contributed by atoms with van der Waals surface area (Å²) >= 11 is 0. The van der Waals surface area contributed by atoms with Crippen LogP contribution in [-0.2, 0) is 5.41 Å². The molecule has 1 saturated carbocycles. The number of halogens is 2. The van der Waals surface area contributed by atoms with E-state index in [1.54, 1.807) is 28.8 Å². The first-order valence-corrected chi connectivity index (χ1v) is 11.1. The zero-order valence-corrected chi connectivity index (χ0v) is 18.7. The summed E-state index contributed by atoms with van der Waals surface area (Å²) < 4.78 is 29.4. The third kappa shape index (κ3) is 3.31. The molecule has 0 radical (unpaired) electrons. The summed E-state index contributed by atoms with van der Waals surface area (Å²) in [5, 5.41) is 13.2. The van der Waals surface area contributed by atoms with Crippen LogP contribution < -0.4 is 10.9 Å². The first-order chi connectivity index (χ1) is 15.5. The van der Waals surface area contributed by atoms with Crippen LogP contribution in [0, 0.1) is 6.92 Å². The van der Waals surface area contributed by atoms with Crippen LogP contribution >= 0.6 is 0 Å². The molecule has 0 amide bonds. The number of aromatic nitrogens is 2. The van der Waals surface area contributed by atoms with Gasteiger partial charge in [-0.15, -0.1) is 0 Å². The molecule has 1 aliphatic carbocycles. The van der Waals surface area contributed by atoms with Gasteiger partial charge in [-0.05, 0) is 51.0 Å². The van der Waals surface area contributed by atoms with E-state index in [0.717, 1.165) is 11.1 Å². The van der Waals surface area contributed by atoms with Gasteiger partial charge >= 0.3 is 5.97 Å². The molecule has 8 heteroatoms. The van der Waals surface area contributed by atoms with E-state index >= 15 is 0 Å². The highest BCUT2D eigenvalue weighted by atomic mass is 19.3. The molecule has 0 bridgehead atoms. The summed E-state index contributed by atoms with van der Waals surface area (Å²) in [6.45, 7) is 5.64. The van der Waals surface area contributed by atoms with Crippen LogP contribution in [0.3, 0.4) is 0 Å².